The van der Waals surface area contributed by atoms with Crippen molar-refractivity contribution in [3.63, 3.8) is 0 Å². The van der Waals surface area contributed by atoms with Crippen molar-refractivity contribution in [1.29, 1.82) is 0 Å². The summed E-state index contributed by atoms with van der Waals surface area (Å²) in [5.74, 6) is 0.859. The lowest BCUT2D eigenvalue weighted by Gasteiger charge is -2.25. The number of ether oxygens (including phenoxy) is 2. The van der Waals surface area contributed by atoms with Crippen LogP contribution in [0.5, 0.6) is 5.75 Å². The normalized spacial score (nSPS) is 14.6. The molecule has 1 aromatic rings. The highest BCUT2D eigenvalue weighted by atomic mass is 16.5. The monoisotopic (exact) mass is 251 g/mol. The maximum atomic E-state index is 6.31. The minimum Gasteiger partial charge on any atom is -0.491 e. The Morgan fingerprint density at radius 2 is 1.89 bits per heavy atom. The largest absolute Gasteiger partial charge is 0.491 e. The second-order valence-corrected chi connectivity index (χ2v) is 4.79. The van der Waals surface area contributed by atoms with E-state index in [0.29, 0.717) is 0 Å². The van der Waals surface area contributed by atoms with Gasteiger partial charge in [0.1, 0.15) is 5.75 Å². The second kappa shape index (κ2) is 7.39. The van der Waals surface area contributed by atoms with Crippen LogP contribution in [0.2, 0.25) is 0 Å². The third-order valence-corrected chi connectivity index (χ3v) is 2.92. The van der Waals surface area contributed by atoms with E-state index < -0.39 is 0 Å². The predicted molar refractivity (Wildman–Crippen MR) is 74.8 cm³/mol. The molecule has 1 aromatic carbocycles. The highest BCUT2D eigenvalue weighted by Gasteiger charge is 2.21. The van der Waals surface area contributed by atoms with E-state index in [0.717, 1.165) is 24.2 Å². The lowest BCUT2D eigenvalue weighted by atomic mass is 9.98. The molecular formula is C15H25NO2. The summed E-state index contributed by atoms with van der Waals surface area (Å²) in [6.07, 6.45) is 2.19. The van der Waals surface area contributed by atoms with Crippen molar-refractivity contribution in [3.8, 4) is 5.75 Å². The number of rotatable bonds is 7. The van der Waals surface area contributed by atoms with Crippen LogP contribution in [-0.2, 0) is 4.74 Å². The van der Waals surface area contributed by atoms with E-state index in [1.807, 2.05) is 38.1 Å². The minimum atomic E-state index is -0.148. The third-order valence-electron chi connectivity index (χ3n) is 2.92. The molecule has 0 bridgehead atoms. The summed E-state index contributed by atoms with van der Waals surface area (Å²) in [5.41, 5.74) is 7.33. The van der Waals surface area contributed by atoms with Crippen LogP contribution in [0.1, 0.15) is 45.2 Å². The molecule has 2 N–H and O–H groups in total. The Morgan fingerprint density at radius 1 is 1.22 bits per heavy atom. The van der Waals surface area contributed by atoms with E-state index >= 15 is 0 Å². The standard InChI is InChI=1S/C15H25NO2/c1-5-8-14(17-4)15(16)12-9-6-7-10-13(12)18-11(2)3/h6-7,9-11,14-15H,5,8,16H2,1-4H3. The fraction of sp³-hybridized carbons (Fsp3) is 0.600. The maximum absolute atomic E-state index is 6.31. The number of methoxy groups -OCH3 is 1. The summed E-state index contributed by atoms with van der Waals surface area (Å²) >= 11 is 0. The molecule has 0 radical (unpaired) electrons. The van der Waals surface area contributed by atoms with Crippen LogP contribution in [0.3, 0.4) is 0 Å². The van der Waals surface area contributed by atoms with Crippen LogP contribution >= 0.6 is 0 Å². The van der Waals surface area contributed by atoms with Gasteiger partial charge in [-0.15, -0.1) is 0 Å². The first-order chi connectivity index (χ1) is 8.60. The van der Waals surface area contributed by atoms with Gasteiger partial charge < -0.3 is 15.2 Å². The topological polar surface area (TPSA) is 44.5 Å². The molecule has 1 rings (SSSR count). The van der Waals surface area contributed by atoms with Crippen LogP contribution in [0, 0.1) is 0 Å². The Bertz CT molecular complexity index is 352. The third kappa shape index (κ3) is 4.00. The van der Waals surface area contributed by atoms with Crippen molar-refractivity contribution < 1.29 is 9.47 Å². The van der Waals surface area contributed by atoms with Crippen LogP contribution in [0.4, 0.5) is 0 Å². The smallest absolute Gasteiger partial charge is 0.124 e. The molecule has 0 aliphatic rings. The molecule has 0 saturated heterocycles. The van der Waals surface area contributed by atoms with Gasteiger partial charge >= 0.3 is 0 Å². The van der Waals surface area contributed by atoms with Crippen molar-refractivity contribution >= 4 is 0 Å². The molecule has 0 aliphatic carbocycles. The van der Waals surface area contributed by atoms with Crippen molar-refractivity contribution in [2.75, 3.05) is 7.11 Å². The zero-order chi connectivity index (χ0) is 13.5. The number of nitrogens with two attached hydrogens (primary N) is 1. The van der Waals surface area contributed by atoms with E-state index in [1.165, 1.54) is 0 Å². The van der Waals surface area contributed by atoms with Gasteiger partial charge in [-0.05, 0) is 26.3 Å². The molecule has 0 aliphatic heterocycles. The van der Waals surface area contributed by atoms with Crippen LogP contribution in [0.15, 0.2) is 24.3 Å². The van der Waals surface area contributed by atoms with Crippen LogP contribution in [0.25, 0.3) is 0 Å². The quantitative estimate of drug-likeness (QED) is 0.808. The molecule has 3 heteroatoms. The lowest BCUT2D eigenvalue weighted by molar-refractivity contribution is 0.0711. The second-order valence-electron chi connectivity index (χ2n) is 4.79. The molecule has 0 saturated carbocycles. The average Bonchev–Trinajstić information content (AvgIpc) is 2.35. The molecule has 2 unspecified atom stereocenters. The van der Waals surface area contributed by atoms with Gasteiger partial charge in [0.05, 0.1) is 18.2 Å². The first kappa shape index (κ1) is 15.0. The van der Waals surface area contributed by atoms with E-state index in [4.69, 9.17) is 15.2 Å². The molecule has 0 fully saturated rings. The highest BCUT2D eigenvalue weighted by Crippen LogP contribution is 2.28. The van der Waals surface area contributed by atoms with Crippen molar-refractivity contribution in [3.05, 3.63) is 29.8 Å². The Kier molecular flexibility index (Phi) is 6.16. The molecule has 0 heterocycles. The number of hydrogen-bond acceptors (Lipinski definition) is 3. The first-order valence-corrected chi connectivity index (χ1v) is 6.64. The lowest BCUT2D eigenvalue weighted by Crippen LogP contribution is -2.28. The van der Waals surface area contributed by atoms with Crippen molar-refractivity contribution in [2.45, 2.75) is 51.9 Å². The van der Waals surface area contributed by atoms with Gasteiger partial charge in [-0.3, -0.25) is 0 Å². The number of benzene rings is 1. The molecule has 0 amide bonds. The molecule has 2 atom stereocenters. The van der Waals surface area contributed by atoms with E-state index in [1.54, 1.807) is 7.11 Å². The molecule has 102 valence electrons. The molecular weight excluding hydrogens is 226 g/mol. The van der Waals surface area contributed by atoms with E-state index in [2.05, 4.69) is 6.92 Å². The summed E-state index contributed by atoms with van der Waals surface area (Å²) in [5, 5.41) is 0. The van der Waals surface area contributed by atoms with E-state index in [-0.39, 0.29) is 18.2 Å². The summed E-state index contributed by atoms with van der Waals surface area (Å²) in [6, 6.07) is 7.79. The van der Waals surface area contributed by atoms with Gasteiger partial charge in [0.2, 0.25) is 0 Å². The van der Waals surface area contributed by atoms with Crippen molar-refractivity contribution in [1.82, 2.24) is 0 Å². The Balaban J connectivity index is 2.92. The van der Waals surface area contributed by atoms with Gasteiger partial charge in [-0.1, -0.05) is 31.5 Å². The summed E-state index contributed by atoms with van der Waals surface area (Å²) in [7, 11) is 1.71. The van der Waals surface area contributed by atoms with Gasteiger partial charge in [0.25, 0.3) is 0 Å². The number of para-hydroxylation sites is 1. The van der Waals surface area contributed by atoms with Crippen LogP contribution < -0.4 is 10.5 Å². The van der Waals surface area contributed by atoms with Gasteiger partial charge in [-0.2, -0.15) is 0 Å². The first-order valence-electron chi connectivity index (χ1n) is 6.64. The maximum Gasteiger partial charge on any atom is 0.124 e. The van der Waals surface area contributed by atoms with Crippen LogP contribution in [-0.4, -0.2) is 19.3 Å². The zero-order valence-corrected chi connectivity index (χ0v) is 11.8. The molecule has 18 heavy (non-hydrogen) atoms. The summed E-state index contributed by atoms with van der Waals surface area (Å²) < 4.78 is 11.3. The zero-order valence-electron chi connectivity index (χ0n) is 11.8. The predicted octanol–water partition coefficient (Wildman–Crippen LogP) is 3.29. The fourth-order valence-corrected chi connectivity index (χ4v) is 2.05. The Morgan fingerprint density at radius 3 is 2.44 bits per heavy atom. The fourth-order valence-electron chi connectivity index (χ4n) is 2.05. The number of hydrogen-bond donors (Lipinski definition) is 1. The van der Waals surface area contributed by atoms with Gasteiger partial charge in [-0.25, -0.2) is 0 Å². The molecule has 0 spiro atoms. The average molecular weight is 251 g/mol. The Labute approximate surface area is 110 Å². The highest BCUT2D eigenvalue weighted by molar-refractivity contribution is 5.36. The SMILES string of the molecule is CCCC(OC)C(N)c1ccccc1OC(C)C. The van der Waals surface area contributed by atoms with Gasteiger partial charge in [0.15, 0.2) is 0 Å². The Hall–Kier alpha value is -1.06. The van der Waals surface area contributed by atoms with E-state index in [9.17, 15) is 0 Å². The summed E-state index contributed by atoms with van der Waals surface area (Å²) in [4.78, 5) is 0. The van der Waals surface area contributed by atoms with Gasteiger partial charge in [0, 0.05) is 12.7 Å². The summed E-state index contributed by atoms with van der Waals surface area (Å²) in [6.45, 7) is 6.17. The minimum absolute atomic E-state index is 0.0342. The molecule has 0 aromatic heterocycles. The van der Waals surface area contributed by atoms with Crippen molar-refractivity contribution in [2.24, 2.45) is 5.73 Å². The molecule has 3 nitrogen and oxygen atoms in total.